The van der Waals surface area contributed by atoms with Crippen LogP contribution in [-0.2, 0) is 47.5 Å². The van der Waals surface area contributed by atoms with Crippen molar-refractivity contribution < 1.29 is 52.6 Å². The third-order valence-corrected chi connectivity index (χ3v) is 10.7. The molecule has 1 N–H and O–H groups in total. The van der Waals surface area contributed by atoms with Crippen LogP contribution >= 0.6 is 0 Å². The van der Waals surface area contributed by atoms with Crippen LogP contribution in [-0.4, -0.2) is 85.4 Å². The van der Waals surface area contributed by atoms with E-state index in [2.05, 4.69) is 13.8 Å². The SMILES string of the molecule is CCOC1C[C@@H]2CC([C@@]3(C)[C@H](C)C[C@H](OC(C)=O)[C@]4(COC(C)=O)[C@@H]3C[C@H](O)[C@H](OC(=O)C(C)C)[C@]43CO3)O[C@@H]2O1. The molecular formula is C30H46O11. The van der Waals surface area contributed by atoms with E-state index in [4.69, 9.17) is 33.2 Å². The Bertz CT molecular complexity index is 1010. The van der Waals surface area contributed by atoms with Crippen molar-refractivity contribution in [2.75, 3.05) is 19.8 Å². The number of ether oxygens (including phenoxy) is 7. The van der Waals surface area contributed by atoms with E-state index in [9.17, 15) is 19.5 Å². The second-order valence-corrected chi connectivity index (χ2v) is 13.2. The summed E-state index contributed by atoms with van der Waals surface area (Å²) in [5.41, 5.74) is -2.86. The maximum Gasteiger partial charge on any atom is 0.308 e. The zero-order valence-corrected chi connectivity index (χ0v) is 25.3. The Morgan fingerprint density at radius 3 is 2.29 bits per heavy atom. The van der Waals surface area contributed by atoms with Crippen LogP contribution in [0.25, 0.3) is 0 Å². The smallest absolute Gasteiger partial charge is 0.308 e. The monoisotopic (exact) mass is 582 g/mol. The van der Waals surface area contributed by atoms with Gasteiger partial charge in [-0.15, -0.1) is 0 Å². The first kappa shape index (κ1) is 30.7. The van der Waals surface area contributed by atoms with Crippen LogP contribution in [0.2, 0.25) is 0 Å². The molecular weight excluding hydrogens is 536 g/mol. The highest BCUT2D eigenvalue weighted by Crippen LogP contribution is 2.70. The average Bonchev–Trinajstić information content (AvgIpc) is 3.44. The summed E-state index contributed by atoms with van der Waals surface area (Å²) in [7, 11) is 0. The molecule has 11 heteroatoms. The van der Waals surface area contributed by atoms with Crippen molar-refractivity contribution in [2.45, 2.75) is 117 Å². The van der Waals surface area contributed by atoms with Gasteiger partial charge in [-0.2, -0.15) is 0 Å². The van der Waals surface area contributed by atoms with E-state index in [1.807, 2.05) is 6.92 Å². The van der Waals surface area contributed by atoms with Gasteiger partial charge in [0.1, 0.15) is 18.3 Å². The second kappa shape index (κ2) is 11.0. The van der Waals surface area contributed by atoms with Crippen molar-refractivity contribution in [3.8, 4) is 0 Å². The lowest BCUT2D eigenvalue weighted by molar-refractivity contribution is -0.290. The first-order valence-corrected chi connectivity index (χ1v) is 15.1. The lowest BCUT2D eigenvalue weighted by atomic mass is 9.41. The van der Waals surface area contributed by atoms with Crippen LogP contribution in [0.15, 0.2) is 0 Å². The molecule has 2 unspecified atom stereocenters. The van der Waals surface area contributed by atoms with Gasteiger partial charge in [-0.3, -0.25) is 14.4 Å². The molecule has 3 aliphatic heterocycles. The minimum absolute atomic E-state index is 0.00779. The number of epoxide rings is 1. The van der Waals surface area contributed by atoms with E-state index in [1.54, 1.807) is 13.8 Å². The maximum atomic E-state index is 12.8. The predicted molar refractivity (Wildman–Crippen MR) is 142 cm³/mol. The summed E-state index contributed by atoms with van der Waals surface area (Å²) >= 11 is 0. The number of fused-ring (bicyclic) bond motifs is 3. The van der Waals surface area contributed by atoms with Gasteiger partial charge in [0.25, 0.3) is 0 Å². The van der Waals surface area contributed by atoms with Crippen molar-refractivity contribution >= 4 is 17.9 Å². The van der Waals surface area contributed by atoms with Gasteiger partial charge in [0.05, 0.1) is 30.1 Å². The first-order chi connectivity index (χ1) is 19.3. The number of carbonyl (C=O) groups is 3. The molecule has 3 saturated heterocycles. The number of aliphatic hydroxyl groups is 1. The number of rotatable bonds is 8. The molecule has 0 bridgehead atoms. The third kappa shape index (κ3) is 4.89. The molecule has 5 aliphatic rings. The summed E-state index contributed by atoms with van der Waals surface area (Å²) in [6, 6.07) is 0. The van der Waals surface area contributed by atoms with Gasteiger partial charge < -0.3 is 38.3 Å². The Hall–Kier alpha value is -1.79. The Kier molecular flexibility index (Phi) is 8.26. The van der Waals surface area contributed by atoms with Crippen molar-refractivity contribution in [3.05, 3.63) is 0 Å². The van der Waals surface area contributed by atoms with Crippen molar-refractivity contribution in [3.63, 3.8) is 0 Å². The summed E-state index contributed by atoms with van der Waals surface area (Å²) in [5, 5.41) is 11.6. The summed E-state index contributed by atoms with van der Waals surface area (Å²) in [6.45, 7) is 13.0. The van der Waals surface area contributed by atoms with Crippen LogP contribution in [0.5, 0.6) is 0 Å². The fourth-order valence-corrected chi connectivity index (χ4v) is 8.47. The van der Waals surface area contributed by atoms with Crippen LogP contribution in [0.3, 0.4) is 0 Å². The van der Waals surface area contributed by atoms with Crippen molar-refractivity contribution in [1.82, 2.24) is 0 Å². The van der Waals surface area contributed by atoms with E-state index in [0.29, 0.717) is 13.0 Å². The topological polar surface area (TPSA) is 139 Å². The number of hydrogen-bond donors (Lipinski definition) is 1. The van der Waals surface area contributed by atoms with E-state index in [-0.39, 0.29) is 49.8 Å². The number of carbonyl (C=O) groups excluding carboxylic acids is 3. The van der Waals surface area contributed by atoms with Gasteiger partial charge in [-0.1, -0.05) is 27.7 Å². The largest absolute Gasteiger partial charge is 0.465 e. The number of hydrogen-bond acceptors (Lipinski definition) is 11. The van der Waals surface area contributed by atoms with Crippen LogP contribution < -0.4 is 0 Å². The number of esters is 3. The molecule has 0 aromatic rings. The number of aliphatic hydroxyl groups excluding tert-OH is 1. The fraction of sp³-hybridized carbons (Fsp3) is 0.900. The van der Waals surface area contributed by atoms with E-state index in [0.717, 1.165) is 12.8 Å². The Labute approximate surface area is 241 Å². The Balaban J connectivity index is 1.58. The highest BCUT2D eigenvalue weighted by molar-refractivity contribution is 5.72. The van der Waals surface area contributed by atoms with Crippen LogP contribution in [0.4, 0.5) is 0 Å². The third-order valence-electron chi connectivity index (χ3n) is 10.7. The normalized spacial score (nSPS) is 46.6. The molecule has 11 nitrogen and oxygen atoms in total. The molecule has 0 radical (unpaired) electrons. The molecule has 0 aromatic carbocycles. The first-order valence-electron chi connectivity index (χ1n) is 15.1. The summed E-state index contributed by atoms with van der Waals surface area (Å²) in [4.78, 5) is 37.6. The molecule has 5 rings (SSSR count). The van der Waals surface area contributed by atoms with Gasteiger partial charge in [0.15, 0.2) is 18.7 Å². The van der Waals surface area contributed by atoms with Gasteiger partial charge in [-0.25, -0.2) is 0 Å². The zero-order chi connectivity index (χ0) is 29.9. The minimum atomic E-state index is -1.21. The summed E-state index contributed by atoms with van der Waals surface area (Å²) < 4.78 is 42.4. The van der Waals surface area contributed by atoms with Crippen molar-refractivity contribution in [1.29, 1.82) is 0 Å². The molecule has 2 aliphatic carbocycles. The standard InChI is InChI=1S/C30H46O11/c1-8-35-24-11-19-10-22(39-27(19)40-24)28(7)16(4)9-23(38-18(6)32)29(13-36-17(5)31)21(28)12-20(33)25(30(29)14-37-30)41-26(34)15(2)3/h15-16,19-25,27,33H,8-14H2,1-7H3/t16-,19+,20+,21-,22?,23+,24?,25+,27-,28+,29+,30-/m1/s1. The quantitative estimate of drug-likeness (QED) is 0.257. The van der Waals surface area contributed by atoms with E-state index < -0.39 is 64.9 Å². The van der Waals surface area contributed by atoms with Gasteiger partial charge in [0.2, 0.25) is 0 Å². The van der Waals surface area contributed by atoms with E-state index >= 15 is 0 Å². The lowest BCUT2D eigenvalue weighted by Crippen LogP contribution is -2.74. The van der Waals surface area contributed by atoms with Crippen molar-refractivity contribution in [2.24, 2.45) is 34.5 Å². The molecule has 12 atom stereocenters. The maximum absolute atomic E-state index is 12.8. The molecule has 0 amide bonds. The van der Waals surface area contributed by atoms with Gasteiger partial charge >= 0.3 is 17.9 Å². The van der Waals surface area contributed by atoms with Gasteiger partial charge in [0, 0.05) is 38.2 Å². The molecule has 5 fully saturated rings. The van der Waals surface area contributed by atoms with E-state index in [1.165, 1.54) is 13.8 Å². The lowest BCUT2D eigenvalue weighted by Gasteiger charge is -2.65. The second-order valence-electron chi connectivity index (χ2n) is 13.2. The summed E-state index contributed by atoms with van der Waals surface area (Å²) in [6.07, 6.45) is -1.54. The molecule has 0 aromatic heterocycles. The zero-order valence-electron chi connectivity index (χ0n) is 25.3. The molecule has 41 heavy (non-hydrogen) atoms. The summed E-state index contributed by atoms with van der Waals surface area (Å²) in [5.74, 6) is -2.06. The fourth-order valence-electron chi connectivity index (χ4n) is 8.47. The molecule has 2 saturated carbocycles. The highest BCUT2D eigenvalue weighted by atomic mass is 16.8. The van der Waals surface area contributed by atoms with Crippen LogP contribution in [0, 0.1) is 34.5 Å². The minimum Gasteiger partial charge on any atom is -0.465 e. The molecule has 3 heterocycles. The Morgan fingerprint density at radius 2 is 1.73 bits per heavy atom. The molecule has 1 spiro atoms. The molecule has 232 valence electrons. The highest BCUT2D eigenvalue weighted by Gasteiger charge is 2.81. The van der Waals surface area contributed by atoms with Gasteiger partial charge in [-0.05, 0) is 38.0 Å². The Morgan fingerprint density at radius 1 is 1.02 bits per heavy atom. The average molecular weight is 583 g/mol. The predicted octanol–water partition coefficient (Wildman–Crippen LogP) is 2.75. The van der Waals surface area contributed by atoms with Crippen LogP contribution in [0.1, 0.15) is 74.1 Å².